The first-order valence-corrected chi connectivity index (χ1v) is 14.1. The van der Waals surface area contributed by atoms with Gasteiger partial charge in [-0.15, -0.1) is 0 Å². The molecule has 4 aromatic rings. The van der Waals surface area contributed by atoms with Crippen molar-refractivity contribution in [1.82, 2.24) is 14.9 Å². The van der Waals surface area contributed by atoms with Crippen LogP contribution >= 0.6 is 0 Å². The maximum Gasteiger partial charge on any atom is 0.328 e. The number of rotatable bonds is 10. The highest BCUT2D eigenvalue weighted by molar-refractivity contribution is 6.02. The molecule has 41 heavy (non-hydrogen) atoms. The number of carboxylic acids is 1. The second kappa shape index (κ2) is 12.7. The largest absolute Gasteiger partial charge is 0.478 e. The minimum Gasteiger partial charge on any atom is -0.478 e. The number of anilines is 1. The fourth-order valence-corrected chi connectivity index (χ4v) is 5.42. The molecule has 212 valence electrons. The number of carbonyl (C=O) groups is 3. The Balaban J connectivity index is 1.34. The summed E-state index contributed by atoms with van der Waals surface area (Å²) in [5.74, 6) is -0.854. The number of hydrogen-bond acceptors (Lipinski definition) is 5. The van der Waals surface area contributed by atoms with E-state index in [0.717, 1.165) is 41.3 Å². The molecule has 9 heteroatoms. The first kappa shape index (κ1) is 27.9. The number of aliphatic carboxylic acids is 1. The fraction of sp³-hybridized carbons (Fsp3) is 0.312. The Morgan fingerprint density at radius 2 is 1.88 bits per heavy atom. The maximum atomic E-state index is 13.3. The summed E-state index contributed by atoms with van der Waals surface area (Å²) in [5, 5.41) is 14.5. The number of imidazole rings is 1. The number of carboxylic acid groups (broad SMARTS) is 1. The number of nitrogens with one attached hydrogen (secondary N) is 2. The van der Waals surface area contributed by atoms with Crippen LogP contribution in [0.2, 0.25) is 0 Å². The third-order valence-electron chi connectivity index (χ3n) is 7.47. The molecule has 2 heterocycles. The van der Waals surface area contributed by atoms with Crippen LogP contribution in [-0.4, -0.2) is 38.5 Å². The number of aromatic nitrogens is 2. The van der Waals surface area contributed by atoms with Gasteiger partial charge in [0.2, 0.25) is 5.91 Å². The molecular weight excluding hydrogens is 520 g/mol. The van der Waals surface area contributed by atoms with Gasteiger partial charge in [0, 0.05) is 23.4 Å². The quantitative estimate of drug-likeness (QED) is 0.194. The first-order valence-electron chi connectivity index (χ1n) is 14.1. The summed E-state index contributed by atoms with van der Waals surface area (Å²) in [6.45, 7) is 1.96. The van der Waals surface area contributed by atoms with Crippen molar-refractivity contribution in [1.29, 1.82) is 0 Å². The Morgan fingerprint density at radius 3 is 2.56 bits per heavy atom. The summed E-state index contributed by atoms with van der Waals surface area (Å²) in [7, 11) is 0. The Labute approximate surface area is 238 Å². The number of benzene rings is 2. The van der Waals surface area contributed by atoms with Gasteiger partial charge in [-0.2, -0.15) is 0 Å². The van der Waals surface area contributed by atoms with Gasteiger partial charge in [0.25, 0.3) is 5.91 Å². The van der Waals surface area contributed by atoms with E-state index in [9.17, 15) is 14.4 Å². The molecule has 0 radical (unpaired) electrons. The summed E-state index contributed by atoms with van der Waals surface area (Å²) >= 11 is 0. The topological polar surface area (TPSA) is 126 Å². The maximum absolute atomic E-state index is 13.3. The number of hydrogen-bond donors (Lipinski definition) is 3. The van der Waals surface area contributed by atoms with Gasteiger partial charge in [-0.05, 0) is 67.3 Å². The fourth-order valence-electron chi connectivity index (χ4n) is 5.42. The van der Waals surface area contributed by atoms with E-state index >= 15 is 0 Å². The molecule has 1 atom stereocenters. The van der Waals surface area contributed by atoms with Crippen molar-refractivity contribution in [2.75, 3.05) is 5.32 Å². The second-order valence-electron chi connectivity index (χ2n) is 10.4. The van der Waals surface area contributed by atoms with Gasteiger partial charge in [-0.3, -0.25) is 9.59 Å². The normalized spacial score (nSPS) is 14.8. The summed E-state index contributed by atoms with van der Waals surface area (Å²) in [5.41, 5.74) is 4.30. The SMILES string of the molecule is CCCC(NC(=O)c1ccc2c(c1)nc(-c1ccoc1)n2C1CCCCC1)C(=O)Nc1ccc(/C=C/C(=O)O)cc1. The van der Waals surface area contributed by atoms with Gasteiger partial charge in [0.15, 0.2) is 0 Å². The van der Waals surface area contributed by atoms with E-state index in [1.54, 1.807) is 48.9 Å². The van der Waals surface area contributed by atoms with Crippen molar-refractivity contribution in [3.05, 3.63) is 78.3 Å². The van der Waals surface area contributed by atoms with Gasteiger partial charge >= 0.3 is 5.97 Å². The van der Waals surface area contributed by atoms with Gasteiger partial charge in [0.1, 0.15) is 18.1 Å². The van der Waals surface area contributed by atoms with E-state index < -0.39 is 12.0 Å². The van der Waals surface area contributed by atoms with Crippen LogP contribution < -0.4 is 10.6 Å². The van der Waals surface area contributed by atoms with E-state index in [1.807, 2.05) is 19.1 Å². The molecule has 1 fully saturated rings. The molecule has 0 spiro atoms. The predicted octanol–water partition coefficient (Wildman–Crippen LogP) is 6.44. The molecule has 3 N–H and O–H groups in total. The summed E-state index contributed by atoms with van der Waals surface area (Å²) in [4.78, 5) is 42.1. The van der Waals surface area contributed by atoms with Gasteiger partial charge in [-0.1, -0.05) is 44.7 Å². The Bertz CT molecular complexity index is 1550. The highest BCUT2D eigenvalue weighted by Gasteiger charge is 2.25. The standard InChI is InChI=1S/C32H34N4O5/c1-2-6-26(32(40)33-24-13-9-21(10-14-24)11-16-29(37)38)35-31(39)22-12-15-28-27(19-22)34-30(23-17-18-41-20-23)36(28)25-7-4-3-5-8-25/h9-20,25-26H,2-8H2,1H3,(H,33,40)(H,35,39)(H,37,38)/b16-11+. The summed E-state index contributed by atoms with van der Waals surface area (Å²) in [6.07, 6.45) is 12.8. The average Bonchev–Trinajstić information content (AvgIpc) is 3.65. The molecular formula is C32H34N4O5. The molecule has 1 aliphatic carbocycles. The Morgan fingerprint density at radius 1 is 1.10 bits per heavy atom. The predicted molar refractivity (Wildman–Crippen MR) is 157 cm³/mol. The van der Waals surface area contributed by atoms with E-state index in [1.165, 1.54) is 25.3 Å². The van der Waals surface area contributed by atoms with Crippen LogP contribution in [-0.2, 0) is 9.59 Å². The van der Waals surface area contributed by atoms with Crippen LogP contribution in [0, 0.1) is 0 Å². The molecule has 0 bridgehead atoms. The van der Waals surface area contributed by atoms with Crippen LogP contribution in [0.25, 0.3) is 28.5 Å². The molecule has 1 aliphatic rings. The molecule has 0 aliphatic heterocycles. The van der Waals surface area contributed by atoms with E-state index in [2.05, 4.69) is 15.2 Å². The van der Waals surface area contributed by atoms with Crippen LogP contribution in [0.15, 0.2) is 71.6 Å². The molecule has 5 rings (SSSR count). The summed E-state index contributed by atoms with van der Waals surface area (Å²) in [6, 6.07) is 13.9. The molecule has 2 aromatic heterocycles. The van der Waals surface area contributed by atoms with Crippen molar-refractivity contribution in [3.8, 4) is 11.4 Å². The third-order valence-corrected chi connectivity index (χ3v) is 7.47. The van der Waals surface area contributed by atoms with Crippen molar-refractivity contribution >= 4 is 40.6 Å². The smallest absolute Gasteiger partial charge is 0.328 e. The minimum atomic E-state index is -1.03. The molecule has 0 saturated heterocycles. The zero-order chi connectivity index (χ0) is 28.8. The van der Waals surface area contributed by atoms with Crippen molar-refractivity contribution < 1.29 is 23.9 Å². The Hall–Kier alpha value is -4.66. The van der Waals surface area contributed by atoms with Crippen LogP contribution in [0.1, 0.15) is 73.8 Å². The monoisotopic (exact) mass is 554 g/mol. The van der Waals surface area contributed by atoms with Gasteiger partial charge < -0.3 is 24.7 Å². The van der Waals surface area contributed by atoms with Crippen molar-refractivity contribution in [2.24, 2.45) is 0 Å². The van der Waals surface area contributed by atoms with E-state index in [-0.39, 0.29) is 11.8 Å². The lowest BCUT2D eigenvalue weighted by Crippen LogP contribution is -2.43. The number of fused-ring (bicyclic) bond motifs is 1. The van der Waals surface area contributed by atoms with Crippen molar-refractivity contribution in [3.63, 3.8) is 0 Å². The zero-order valence-electron chi connectivity index (χ0n) is 23.0. The van der Waals surface area contributed by atoms with Gasteiger partial charge in [0.05, 0.1) is 22.9 Å². The van der Waals surface area contributed by atoms with Crippen LogP contribution in [0.3, 0.4) is 0 Å². The number of nitrogens with zero attached hydrogens (tertiary/aromatic N) is 2. The lowest BCUT2D eigenvalue weighted by molar-refractivity contribution is -0.131. The molecule has 2 aromatic carbocycles. The zero-order valence-corrected chi connectivity index (χ0v) is 23.0. The lowest BCUT2D eigenvalue weighted by atomic mass is 9.95. The van der Waals surface area contributed by atoms with Crippen LogP contribution in [0.5, 0.6) is 0 Å². The van der Waals surface area contributed by atoms with Crippen LogP contribution in [0.4, 0.5) is 5.69 Å². The highest BCUT2D eigenvalue weighted by atomic mass is 16.4. The summed E-state index contributed by atoms with van der Waals surface area (Å²) < 4.78 is 7.64. The molecule has 2 amide bonds. The number of furan rings is 1. The van der Waals surface area contributed by atoms with Gasteiger partial charge in [-0.25, -0.2) is 9.78 Å². The average molecular weight is 555 g/mol. The number of carbonyl (C=O) groups excluding carboxylic acids is 2. The second-order valence-corrected chi connectivity index (χ2v) is 10.4. The van der Waals surface area contributed by atoms with E-state index in [0.29, 0.717) is 35.7 Å². The molecule has 1 saturated carbocycles. The third kappa shape index (κ3) is 6.57. The molecule has 9 nitrogen and oxygen atoms in total. The van der Waals surface area contributed by atoms with Crippen molar-refractivity contribution in [2.45, 2.75) is 64.0 Å². The molecule has 1 unspecified atom stereocenters. The number of amides is 2. The lowest BCUT2D eigenvalue weighted by Gasteiger charge is -2.25. The first-order chi connectivity index (χ1) is 19.9. The Kier molecular flexibility index (Phi) is 8.62. The highest BCUT2D eigenvalue weighted by Crippen LogP contribution is 2.36. The van der Waals surface area contributed by atoms with E-state index in [4.69, 9.17) is 14.5 Å². The minimum absolute atomic E-state index is 0.320.